The van der Waals surface area contributed by atoms with Gasteiger partial charge in [-0.05, 0) is 43.5 Å². The van der Waals surface area contributed by atoms with E-state index in [0.29, 0.717) is 11.6 Å². The standard InChI is InChI=1S/C19H17F2N3O3S/c1-11-2-6-14(28(26,27)24-13-4-5-13)9-16(11)19(25)23-18(10-22)15-7-3-12(20)8-17(15)21/h2-3,6-9,13,18,24H,4-5H2,1H3,(H,23,25). The minimum atomic E-state index is -3.76. The molecular formula is C19H17F2N3O3S. The molecule has 1 atom stereocenters. The third-order valence-electron chi connectivity index (χ3n) is 4.34. The molecule has 0 spiro atoms. The Morgan fingerprint density at radius 1 is 1.21 bits per heavy atom. The summed E-state index contributed by atoms with van der Waals surface area (Å²) in [5.41, 5.74) is 0.342. The van der Waals surface area contributed by atoms with Crippen molar-refractivity contribution in [1.82, 2.24) is 10.0 Å². The van der Waals surface area contributed by atoms with E-state index in [4.69, 9.17) is 0 Å². The van der Waals surface area contributed by atoms with Crippen molar-refractivity contribution in [2.75, 3.05) is 0 Å². The van der Waals surface area contributed by atoms with Crippen molar-refractivity contribution < 1.29 is 22.0 Å². The second-order valence-electron chi connectivity index (χ2n) is 6.57. The molecule has 1 saturated carbocycles. The summed E-state index contributed by atoms with van der Waals surface area (Å²) in [6, 6.07) is 7.06. The summed E-state index contributed by atoms with van der Waals surface area (Å²) in [5, 5.41) is 11.7. The van der Waals surface area contributed by atoms with Crippen LogP contribution in [0.2, 0.25) is 0 Å². The Balaban J connectivity index is 1.87. The van der Waals surface area contributed by atoms with Crippen LogP contribution in [0.4, 0.5) is 8.78 Å². The molecule has 3 rings (SSSR count). The van der Waals surface area contributed by atoms with Gasteiger partial charge in [0.05, 0.1) is 11.0 Å². The van der Waals surface area contributed by atoms with Crippen molar-refractivity contribution in [1.29, 1.82) is 5.26 Å². The van der Waals surface area contributed by atoms with Gasteiger partial charge in [-0.2, -0.15) is 5.26 Å². The highest BCUT2D eigenvalue weighted by Gasteiger charge is 2.29. The lowest BCUT2D eigenvalue weighted by molar-refractivity contribution is 0.0944. The molecule has 0 saturated heterocycles. The van der Waals surface area contributed by atoms with Crippen LogP contribution in [0, 0.1) is 29.9 Å². The van der Waals surface area contributed by atoms with Gasteiger partial charge in [0.25, 0.3) is 5.91 Å². The van der Waals surface area contributed by atoms with Gasteiger partial charge in [0.15, 0.2) is 0 Å². The van der Waals surface area contributed by atoms with Gasteiger partial charge in [0, 0.05) is 23.2 Å². The SMILES string of the molecule is Cc1ccc(S(=O)(=O)NC2CC2)cc1C(=O)NC(C#N)c1ccc(F)cc1F. The van der Waals surface area contributed by atoms with E-state index in [1.54, 1.807) is 13.0 Å². The molecule has 2 N–H and O–H groups in total. The van der Waals surface area contributed by atoms with E-state index in [1.807, 2.05) is 0 Å². The van der Waals surface area contributed by atoms with Crippen LogP contribution in [-0.2, 0) is 10.0 Å². The van der Waals surface area contributed by atoms with Gasteiger partial charge < -0.3 is 5.32 Å². The summed E-state index contributed by atoms with van der Waals surface area (Å²) in [7, 11) is -3.76. The predicted octanol–water partition coefficient (Wildman–Crippen LogP) is 2.71. The number of benzene rings is 2. The average Bonchev–Trinajstić information content (AvgIpc) is 3.43. The first-order chi connectivity index (χ1) is 13.2. The first-order valence-corrected chi connectivity index (χ1v) is 9.98. The Morgan fingerprint density at radius 2 is 1.93 bits per heavy atom. The number of amides is 1. The average molecular weight is 405 g/mol. The fourth-order valence-electron chi connectivity index (χ4n) is 2.63. The number of sulfonamides is 1. The maximum Gasteiger partial charge on any atom is 0.252 e. The minimum absolute atomic E-state index is 0.0430. The maximum absolute atomic E-state index is 13.9. The topological polar surface area (TPSA) is 99.1 Å². The number of carbonyl (C=O) groups excluding carboxylic acids is 1. The molecule has 0 bridgehead atoms. The molecule has 6 nitrogen and oxygen atoms in total. The molecular weight excluding hydrogens is 388 g/mol. The highest BCUT2D eigenvalue weighted by atomic mass is 32.2. The molecule has 1 aliphatic rings. The molecule has 1 fully saturated rings. The highest BCUT2D eigenvalue weighted by Crippen LogP contribution is 2.24. The lowest BCUT2D eigenvalue weighted by Crippen LogP contribution is -2.30. The number of rotatable bonds is 6. The number of hydrogen-bond acceptors (Lipinski definition) is 4. The summed E-state index contributed by atoms with van der Waals surface area (Å²) in [4.78, 5) is 12.6. The molecule has 1 amide bonds. The van der Waals surface area contributed by atoms with Crippen molar-refractivity contribution in [3.05, 3.63) is 64.7 Å². The van der Waals surface area contributed by atoms with Gasteiger partial charge in [0.1, 0.15) is 17.7 Å². The molecule has 0 radical (unpaired) electrons. The highest BCUT2D eigenvalue weighted by molar-refractivity contribution is 7.89. The van der Waals surface area contributed by atoms with Crippen molar-refractivity contribution in [3.8, 4) is 6.07 Å². The Labute approximate surface area is 161 Å². The summed E-state index contributed by atoms with van der Waals surface area (Å²) in [6.07, 6.45) is 1.54. The number of nitrogens with zero attached hydrogens (tertiary/aromatic N) is 1. The molecule has 0 aromatic heterocycles. The van der Waals surface area contributed by atoms with Crippen LogP contribution >= 0.6 is 0 Å². The Kier molecular flexibility index (Phi) is 5.45. The minimum Gasteiger partial charge on any atom is -0.332 e. The molecule has 9 heteroatoms. The van der Waals surface area contributed by atoms with Crippen LogP contribution in [0.1, 0.15) is 40.4 Å². The van der Waals surface area contributed by atoms with Crippen molar-refractivity contribution >= 4 is 15.9 Å². The van der Waals surface area contributed by atoms with Crippen LogP contribution < -0.4 is 10.0 Å². The van der Waals surface area contributed by atoms with Crippen molar-refractivity contribution in [3.63, 3.8) is 0 Å². The zero-order valence-electron chi connectivity index (χ0n) is 14.9. The van der Waals surface area contributed by atoms with Gasteiger partial charge in [-0.1, -0.05) is 12.1 Å². The van der Waals surface area contributed by atoms with Gasteiger partial charge in [-0.15, -0.1) is 0 Å². The summed E-state index contributed by atoms with van der Waals surface area (Å²) >= 11 is 0. The fraction of sp³-hybridized carbons (Fsp3) is 0.263. The number of aryl methyl sites for hydroxylation is 1. The Bertz CT molecular complexity index is 1080. The van der Waals surface area contributed by atoms with E-state index in [2.05, 4.69) is 10.0 Å². The van der Waals surface area contributed by atoms with Gasteiger partial charge in [-0.3, -0.25) is 4.79 Å². The van der Waals surface area contributed by atoms with Gasteiger partial charge in [-0.25, -0.2) is 21.9 Å². The second kappa shape index (κ2) is 7.66. The zero-order chi connectivity index (χ0) is 20.5. The van der Waals surface area contributed by atoms with E-state index in [9.17, 15) is 27.3 Å². The van der Waals surface area contributed by atoms with Crippen molar-refractivity contribution in [2.45, 2.75) is 36.7 Å². The zero-order valence-corrected chi connectivity index (χ0v) is 15.7. The van der Waals surface area contributed by atoms with Gasteiger partial charge in [0.2, 0.25) is 10.0 Å². The van der Waals surface area contributed by atoms with E-state index < -0.39 is 33.6 Å². The van der Waals surface area contributed by atoms with E-state index in [0.717, 1.165) is 25.0 Å². The Hall–Kier alpha value is -2.83. The smallest absolute Gasteiger partial charge is 0.252 e. The number of hydrogen-bond donors (Lipinski definition) is 2. The molecule has 0 heterocycles. The molecule has 1 aliphatic carbocycles. The van der Waals surface area contributed by atoms with Crippen LogP contribution in [-0.4, -0.2) is 20.4 Å². The molecule has 1 unspecified atom stereocenters. The molecule has 28 heavy (non-hydrogen) atoms. The third kappa shape index (κ3) is 4.35. The first kappa shape index (κ1) is 19.9. The van der Waals surface area contributed by atoms with E-state index in [-0.39, 0.29) is 22.1 Å². The van der Waals surface area contributed by atoms with E-state index in [1.165, 1.54) is 18.2 Å². The lowest BCUT2D eigenvalue weighted by atomic mass is 10.0. The summed E-state index contributed by atoms with van der Waals surface area (Å²) < 4.78 is 54.3. The number of nitriles is 1. The van der Waals surface area contributed by atoms with Crippen LogP contribution in [0.25, 0.3) is 0 Å². The van der Waals surface area contributed by atoms with Gasteiger partial charge >= 0.3 is 0 Å². The fourth-order valence-corrected chi connectivity index (χ4v) is 3.96. The number of nitrogens with one attached hydrogen (secondary N) is 2. The summed E-state index contributed by atoms with van der Waals surface area (Å²) in [5.74, 6) is -2.51. The largest absolute Gasteiger partial charge is 0.332 e. The lowest BCUT2D eigenvalue weighted by Gasteiger charge is -2.15. The molecule has 2 aromatic carbocycles. The van der Waals surface area contributed by atoms with Crippen molar-refractivity contribution in [2.24, 2.45) is 0 Å². The monoisotopic (exact) mass is 405 g/mol. The third-order valence-corrected chi connectivity index (χ3v) is 5.86. The van der Waals surface area contributed by atoms with Crippen LogP contribution in [0.3, 0.4) is 0 Å². The molecule has 2 aromatic rings. The quantitative estimate of drug-likeness (QED) is 0.772. The number of halogens is 2. The first-order valence-electron chi connectivity index (χ1n) is 8.49. The molecule has 0 aliphatic heterocycles. The van der Waals surface area contributed by atoms with E-state index >= 15 is 0 Å². The maximum atomic E-state index is 13.9. The molecule has 146 valence electrons. The number of carbonyl (C=O) groups is 1. The predicted molar refractivity (Wildman–Crippen MR) is 96.7 cm³/mol. The summed E-state index contributed by atoms with van der Waals surface area (Å²) in [6.45, 7) is 1.61. The van der Waals surface area contributed by atoms with Crippen LogP contribution in [0.5, 0.6) is 0 Å². The second-order valence-corrected chi connectivity index (χ2v) is 8.29. The Morgan fingerprint density at radius 3 is 2.54 bits per heavy atom. The van der Waals surface area contributed by atoms with Crippen LogP contribution in [0.15, 0.2) is 41.3 Å². The normalized spacial score (nSPS) is 14.9.